The second-order valence-corrected chi connectivity index (χ2v) is 6.51. The second-order valence-electron chi connectivity index (χ2n) is 6.51. The van der Waals surface area contributed by atoms with Gasteiger partial charge in [0, 0.05) is 31.1 Å². The van der Waals surface area contributed by atoms with Gasteiger partial charge in [0.15, 0.2) is 0 Å². The van der Waals surface area contributed by atoms with E-state index in [9.17, 15) is 9.59 Å². The summed E-state index contributed by atoms with van der Waals surface area (Å²) in [5, 5.41) is 2.98. The molecule has 2 aromatic heterocycles. The van der Waals surface area contributed by atoms with Gasteiger partial charge in [-0.25, -0.2) is 4.98 Å². The minimum atomic E-state index is -0.577. The van der Waals surface area contributed by atoms with E-state index in [1.807, 2.05) is 0 Å². The number of nitrogens with one attached hydrogen (secondary N) is 1. The number of hydrogen-bond acceptors (Lipinski definition) is 6. The van der Waals surface area contributed by atoms with Gasteiger partial charge >= 0.3 is 0 Å². The molecule has 3 heterocycles. The zero-order chi connectivity index (χ0) is 17.9. The molecule has 26 heavy (non-hydrogen) atoms. The lowest BCUT2D eigenvalue weighted by atomic mass is 10.1. The molecule has 0 bridgehead atoms. The van der Waals surface area contributed by atoms with Gasteiger partial charge in [-0.15, -0.1) is 0 Å². The smallest absolute Gasteiger partial charge is 0.274 e. The lowest BCUT2D eigenvalue weighted by Crippen LogP contribution is -2.46. The number of nitrogens with zero attached hydrogens (tertiary/aromatic N) is 4. The highest BCUT2D eigenvalue weighted by Crippen LogP contribution is 2.26. The van der Waals surface area contributed by atoms with Gasteiger partial charge in [0.2, 0.25) is 5.91 Å². The molecule has 0 unspecified atom stereocenters. The first-order chi connectivity index (χ1) is 12.7. The Labute approximate surface area is 150 Å². The number of likely N-dealkylation sites (tertiary alicyclic amines) is 1. The van der Waals surface area contributed by atoms with Crippen LogP contribution in [0.2, 0.25) is 0 Å². The van der Waals surface area contributed by atoms with E-state index in [0.29, 0.717) is 18.7 Å². The first kappa shape index (κ1) is 16.4. The maximum atomic E-state index is 12.8. The molecule has 1 saturated carbocycles. The van der Waals surface area contributed by atoms with Gasteiger partial charge in [-0.05, 0) is 25.0 Å². The van der Waals surface area contributed by atoms with Crippen LogP contribution in [0, 0.1) is 0 Å². The molecule has 134 valence electrons. The SMILES string of the molecule is O=C(NC1CC1)[C@@H]1C[C@H](Oc2cccnc2)CN1C(=O)c1cnccn1. The summed E-state index contributed by atoms with van der Waals surface area (Å²) in [6.07, 6.45) is 9.79. The molecule has 0 aromatic carbocycles. The fourth-order valence-corrected chi connectivity index (χ4v) is 3.05. The quantitative estimate of drug-likeness (QED) is 0.854. The van der Waals surface area contributed by atoms with E-state index >= 15 is 0 Å². The molecule has 1 aliphatic carbocycles. The number of pyridine rings is 1. The molecule has 2 amide bonds. The summed E-state index contributed by atoms with van der Waals surface area (Å²) in [5.74, 6) is 0.168. The zero-order valence-electron chi connectivity index (χ0n) is 14.1. The molecule has 0 spiro atoms. The summed E-state index contributed by atoms with van der Waals surface area (Å²) in [7, 11) is 0. The minimum Gasteiger partial charge on any atom is -0.487 e. The molecular weight excluding hydrogens is 334 g/mol. The Bertz CT molecular complexity index is 782. The molecule has 1 aliphatic heterocycles. The summed E-state index contributed by atoms with van der Waals surface area (Å²) >= 11 is 0. The van der Waals surface area contributed by atoms with Gasteiger partial charge < -0.3 is 15.0 Å². The molecular formula is C18H19N5O3. The van der Waals surface area contributed by atoms with Crippen molar-refractivity contribution >= 4 is 11.8 Å². The summed E-state index contributed by atoms with van der Waals surface area (Å²) < 4.78 is 5.92. The lowest BCUT2D eigenvalue weighted by molar-refractivity contribution is -0.125. The number of carbonyl (C=O) groups is 2. The maximum absolute atomic E-state index is 12.8. The van der Waals surface area contributed by atoms with Gasteiger partial charge in [-0.2, -0.15) is 0 Å². The first-order valence-corrected chi connectivity index (χ1v) is 8.65. The average Bonchev–Trinajstić information content (AvgIpc) is 3.39. The third kappa shape index (κ3) is 3.63. The molecule has 2 atom stereocenters. The van der Waals surface area contributed by atoms with Crippen LogP contribution in [0.15, 0.2) is 43.1 Å². The van der Waals surface area contributed by atoms with E-state index in [4.69, 9.17) is 4.74 Å². The van der Waals surface area contributed by atoms with Crippen LogP contribution in [-0.4, -0.2) is 56.4 Å². The van der Waals surface area contributed by atoms with Crippen molar-refractivity contribution in [3.8, 4) is 5.75 Å². The van der Waals surface area contributed by atoms with Gasteiger partial charge in [0.05, 0.1) is 18.9 Å². The highest BCUT2D eigenvalue weighted by Gasteiger charge is 2.42. The molecule has 2 fully saturated rings. The Morgan fingerprint density at radius 3 is 2.69 bits per heavy atom. The summed E-state index contributed by atoms with van der Waals surface area (Å²) in [6.45, 7) is 0.313. The van der Waals surface area contributed by atoms with Crippen molar-refractivity contribution in [2.45, 2.75) is 37.5 Å². The van der Waals surface area contributed by atoms with Gasteiger partial charge in [-0.1, -0.05) is 0 Å². The number of rotatable bonds is 5. The van der Waals surface area contributed by atoms with Crippen molar-refractivity contribution in [1.29, 1.82) is 0 Å². The normalized spacial score (nSPS) is 22.1. The highest BCUT2D eigenvalue weighted by atomic mass is 16.5. The number of carbonyl (C=O) groups excluding carboxylic acids is 2. The van der Waals surface area contributed by atoms with E-state index in [0.717, 1.165) is 12.8 Å². The monoisotopic (exact) mass is 353 g/mol. The Hall–Kier alpha value is -3.03. The zero-order valence-corrected chi connectivity index (χ0v) is 14.1. The standard InChI is InChI=1S/C18H19N5O3/c24-17(22-12-3-4-12)16-8-14(26-13-2-1-5-19-9-13)11-23(16)18(25)15-10-20-6-7-21-15/h1-2,5-7,9-10,12,14,16H,3-4,8,11H2,(H,22,24)/t14-,16-/m0/s1. The average molecular weight is 353 g/mol. The number of ether oxygens (including phenoxy) is 1. The van der Waals surface area contributed by atoms with E-state index in [-0.39, 0.29) is 29.7 Å². The Morgan fingerprint density at radius 1 is 1.15 bits per heavy atom. The fraction of sp³-hybridized carbons (Fsp3) is 0.389. The molecule has 1 N–H and O–H groups in total. The Balaban J connectivity index is 1.52. The predicted octanol–water partition coefficient (Wildman–Crippen LogP) is 0.812. The van der Waals surface area contributed by atoms with Gasteiger partial charge in [0.25, 0.3) is 5.91 Å². The lowest BCUT2D eigenvalue weighted by Gasteiger charge is -2.23. The summed E-state index contributed by atoms with van der Waals surface area (Å²) in [5.41, 5.74) is 0.221. The van der Waals surface area contributed by atoms with Crippen LogP contribution >= 0.6 is 0 Å². The Morgan fingerprint density at radius 2 is 2.00 bits per heavy atom. The molecule has 8 heteroatoms. The second kappa shape index (κ2) is 7.07. The van der Waals surface area contributed by atoms with Crippen molar-refractivity contribution in [2.75, 3.05) is 6.54 Å². The van der Waals surface area contributed by atoms with E-state index in [2.05, 4.69) is 20.3 Å². The van der Waals surface area contributed by atoms with Crippen molar-refractivity contribution in [3.63, 3.8) is 0 Å². The van der Waals surface area contributed by atoms with E-state index in [1.54, 1.807) is 24.5 Å². The minimum absolute atomic E-state index is 0.137. The number of hydrogen-bond donors (Lipinski definition) is 1. The van der Waals surface area contributed by atoms with Crippen molar-refractivity contribution < 1.29 is 14.3 Å². The van der Waals surface area contributed by atoms with Crippen molar-refractivity contribution in [3.05, 3.63) is 48.8 Å². The third-order valence-corrected chi connectivity index (χ3v) is 4.47. The number of amides is 2. The molecule has 8 nitrogen and oxygen atoms in total. The molecule has 2 aliphatic rings. The largest absolute Gasteiger partial charge is 0.487 e. The molecule has 2 aromatic rings. The van der Waals surface area contributed by atoms with Crippen LogP contribution in [0.1, 0.15) is 29.8 Å². The first-order valence-electron chi connectivity index (χ1n) is 8.65. The van der Waals surface area contributed by atoms with Gasteiger partial charge in [0.1, 0.15) is 23.6 Å². The molecule has 0 radical (unpaired) electrons. The van der Waals surface area contributed by atoms with Crippen molar-refractivity contribution in [1.82, 2.24) is 25.2 Å². The van der Waals surface area contributed by atoms with Crippen LogP contribution in [0.25, 0.3) is 0 Å². The Kier molecular flexibility index (Phi) is 4.47. The molecule has 4 rings (SSSR count). The van der Waals surface area contributed by atoms with E-state index < -0.39 is 6.04 Å². The van der Waals surface area contributed by atoms with Crippen LogP contribution in [0.5, 0.6) is 5.75 Å². The highest BCUT2D eigenvalue weighted by molar-refractivity contribution is 5.96. The summed E-state index contributed by atoms with van der Waals surface area (Å²) in [6, 6.07) is 3.24. The van der Waals surface area contributed by atoms with Crippen LogP contribution in [0.3, 0.4) is 0 Å². The maximum Gasteiger partial charge on any atom is 0.274 e. The fourth-order valence-electron chi connectivity index (χ4n) is 3.05. The van der Waals surface area contributed by atoms with Crippen LogP contribution in [-0.2, 0) is 4.79 Å². The van der Waals surface area contributed by atoms with Gasteiger partial charge in [-0.3, -0.25) is 19.6 Å². The number of aromatic nitrogens is 3. The van der Waals surface area contributed by atoms with Crippen molar-refractivity contribution in [2.24, 2.45) is 0 Å². The summed E-state index contributed by atoms with van der Waals surface area (Å²) in [4.78, 5) is 39.0. The molecule has 1 saturated heterocycles. The topological polar surface area (TPSA) is 97.3 Å². The van der Waals surface area contributed by atoms with Crippen LogP contribution < -0.4 is 10.1 Å². The van der Waals surface area contributed by atoms with Crippen LogP contribution in [0.4, 0.5) is 0 Å². The predicted molar refractivity (Wildman–Crippen MR) is 91.3 cm³/mol. The third-order valence-electron chi connectivity index (χ3n) is 4.47. The van der Waals surface area contributed by atoms with E-state index in [1.165, 1.54) is 23.5 Å².